The van der Waals surface area contributed by atoms with E-state index in [9.17, 15) is 28.8 Å². The smallest absolute Gasteiger partial charge is 0.394 e. The summed E-state index contributed by atoms with van der Waals surface area (Å²) in [5.74, 6) is 0. The Labute approximate surface area is 142 Å². The minimum absolute atomic E-state index is 0.218. The molecule has 1 heterocycles. The van der Waals surface area contributed by atoms with Crippen LogP contribution < -0.4 is 0 Å². The maximum Gasteiger partial charge on any atom is 0.466 e. The van der Waals surface area contributed by atoms with Crippen LogP contribution in [0, 0.1) is 0 Å². The molecule has 0 aliphatic carbocycles. The lowest BCUT2D eigenvalue weighted by molar-refractivity contribution is -0.205. The summed E-state index contributed by atoms with van der Waals surface area (Å²) >= 11 is 0.570. The molecule has 0 saturated carbocycles. The summed E-state index contributed by atoms with van der Waals surface area (Å²) in [6, 6.07) is 0. The summed E-state index contributed by atoms with van der Waals surface area (Å²) in [6.45, 7) is 2.67. The Bertz CT molecular complexity index is 551. The van der Waals surface area contributed by atoms with Crippen LogP contribution >= 0.6 is 11.8 Å². The van der Waals surface area contributed by atoms with Crippen molar-refractivity contribution in [2.45, 2.75) is 42.4 Å². The van der Waals surface area contributed by atoms with Gasteiger partial charge in [-0.25, -0.2) is 4.28 Å². The van der Waals surface area contributed by atoms with Crippen molar-refractivity contribution in [2.24, 2.45) is 5.16 Å². The molecule has 1 aliphatic rings. The van der Waals surface area contributed by atoms with Gasteiger partial charge in [0.25, 0.3) is 0 Å². The van der Waals surface area contributed by atoms with Crippen molar-refractivity contribution in [3.8, 4) is 0 Å². The average Bonchev–Trinajstić information content (AvgIpc) is 2.52. The highest BCUT2D eigenvalue weighted by Gasteiger charge is 2.44. The zero-order chi connectivity index (χ0) is 18.5. The Hall–Kier alpha value is -0.770. The number of nitrogens with zero attached hydrogens (tertiary/aromatic N) is 1. The predicted molar refractivity (Wildman–Crippen MR) is 82.2 cm³/mol. The molecule has 6 N–H and O–H groups in total. The third-order valence-corrected chi connectivity index (χ3v) is 4.39. The Morgan fingerprint density at radius 1 is 1.33 bits per heavy atom. The van der Waals surface area contributed by atoms with Gasteiger partial charge in [-0.3, -0.25) is 4.55 Å². The fourth-order valence-corrected chi connectivity index (χ4v) is 3.10. The minimum Gasteiger partial charge on any atom is -0.394 e. The van der Waals surface area contributed by atoms with Crippen LogP contribution in [0.2, 0.25) is 0 Å². The summed E-state index contributed by atoms with van der Waals surface area (Å²) in [4.78, 5) is 0. The monoisotopic (exact) mass is 389 g/mol. The Balaban J connectivity index is 2.92. The van der Waals surface area contributed by atoms with Gasteiger partial charge in [-0.2, -0.15) is 8.42 Å². The van der Waals surface area contributed by atoms with Gasteiger partial charge in [0.15, 0.2) is 0 Å². The van der Waals surface area contributed by atoms with Crippen LogP contribution in [0.3, 0.4) is 0 Å². The molecule has 1 rings (SSSR count). The van der Waals surface area contributed by atoms with Crippen molar-refractivity contribution in [3.05, 3.63) is 12.7 Å². The Kier molecular flexibility index (Phi) is 8.04. The maximum atomic E-state index is 10.6. The molecule has 0 aromatic carbocycles. The van der Waals surface area contributed by atoms with E-state index in [0.29, 0.717) is 11.8 Å². The van der Waals surface area contributed by atoms with E-state index >= 15 is 0 Å². The number of aliphatic hydroxyl groups is 5. The van der Waals surface area contributed by atoms with Crippen LogP contribution in [-0.4, -0.2) is 86.1 Å². The number of hydrogen-bond donors (Lipinski definition) is 6. The zero-order valence-electron chi connectivity index (χ0n) is 12.2. The summed E-state index contributed by atoms with van der Waals surface area (Å²) in [6.07, 6.45) is -6.29. The molecule has 140 valence electrons. The number of ether oxygens (including phenoxy) is 1. The summed E-state index contributed by atoms with van der Waals surface area (Å²) < 4.78 is 38.8. The third-order valence-electron chi connectivity index (χ3n) is 2.99. The van der Waals surface area contributed by atoms with Gasteiger partial charge in [-0.15, -0.1) is 6.58 Å². The highest BCUT2D eigenvalue weighted by Crippen LogP contribution is 2.30. The lowest BCUT2D eigenvalue weighted by Gasteiger charge is -2.39. The molecule has 0 aromatic rings. The summed E-state index contributed by atoms with van der Waals surface area (Å²) in [5.41, 5.74) is -1.26. The first-order valence-electron chi connectivity index (χ1n) is 6.59. The molecule has 6 atom stereocenters. The molecule has 24 heavy (non-hydrogen) atoms. The van der Waals surface area contributed by atoms with Crippen LogP contribution in [0.25, 0.3) is 0 Å². The van der Waals surface area contributed by atoms with Crippen LogP contribution in [0.15, 0.2) is 17.8 Å². The molecule has 11 nitrogen and oxygen atoms in total. The number of oxime groups is 1. The Morgan fingerprint density at radius 2 is 1.96 bits per heavy atom. The molecule has 0 aromatic heterocycles. The summed E-state index contributed by atoms with van der Waals surface area (Å²) in [7, 11) is -4.89. The lowest BCUT2D eigenvalue weighted by atomic mass is 10.0. The predicted octanol–water partition coefficient (Wildman–Crippen LogP) is -2.41. The standard InChI is InChI=1S/C11H19NO10S2/c1-2-5(14)3-7(12-22-24(18,19)20)23-11-10(17)9(16)8(15)6(4-13)21-11/h2,5-6,8-11,13-17H,1,3-4H2,(H,18,19,20)/b12-7+/t5-,6+,8+,9-,10+,11?/m0/s1. The van der Waals surface area contributed by atoms with Crippen LogP contribution in [0.1, 0.15) is 6.42 Å². The van der Waals surface area contributed by atoms with Gasteiger partial charge in [0.2, 0.25) is 0 Å². The van der Waals surface area contributed by atoms with E-state index in [2.05, 4.69) is 16.0 Å². The van der Waals surface area contributed by atoms with E-state index < -0.39 is 53.0 Å². The number of hydrogen-bond acceptors (Lipinski definition) is 11. The first-order chi connectivity index (χ1) is 11.1. The van der Waals surface area contributed by atoms with Crippen molar-refractivity contribution in [3.63, 3.8) is 0 Å². The molecule has 0 radical (unpaired) electrons. The maximum absolute atomic E-state index is 10.6. The van der Waals surface area contributed by atoms with Crippen molar-refractivity contribution < 1.29 is 47.5 Å². The van der Waals surface area contributed by atoms with E-state index in [0.717, 1.165) is 6.08 Å². The quantitative estimate of drug-likeness (QED) is 0.0895. The Morgan fingerprint density at radius 3 is 2.46 bits per heavy atom. The fraction of sp³-hybridized carbons (Fsp3) is 0.727. The second kappa shape index (κ2) is 9.07. The van der Waals surface area contributed by atoms with Gasteiger partial charge in [0.1, 0.15) is 34.9 Å². The van der Waals surface area contributed by atoms with E-state index in [1.54, 1.807) is 0 Å². The lowest BCUT2D eigenvalue weighted by Crippen LogP contribution is -2.57. The molecular weight excluding hydrogens is 370 g/mol. The van der Waals surface area contributed by atoms with Crippen molar-refractivity contribution >= 4 is 27.2 Å². The normalized spacial score (nSPS) is 33.1. The van der Waals surface area contributed by atoms with E-state index in [-0.39, 0.29) is 11.5 Å². The number of aliphatic hydroxyl groups excluding tert-OH is 5. The van der Waals surface area contributed by atoms with Gasteiger partial charge in [0, 0.05) is 6.42 Å². The van der Waals surface area contributed by atoms with Gasteiger partial charge < -0.3 is 30.3 Å². The molecule has 0 spiro atoms. The van der Waals surface area contributed by atoms with E-state index in [1.165, 1.54) is 0 Å². The molecule has 1 aliphatic heterocycles. The van der Waals surface area contributed by atoms with E-state index in [4.69, 9.17) is 14.4 Å². The topological polar surface area (TPSA) is 186 Å². The van der Waals surface area contributed by atoms with Crippen LogP contribution in [0.5, 0.6) is 0 Å². The molecule has 0 bridgehead atoms. The highest BCUT2D eigenvalue weighted by molar-refractivity contribution is 8.14. The van der Waals surface area contributed by atoms with Crippen molar-refractivity contribution in [2.75, 3.05) is 6.61 Å². The average molecular weight is 389 g/mol. The SMILES string of the molecule is C=C[C@H](O)C/C(=N\OS(=O)(=O)O)SC1O[C@H](CO)[C@@H](O)[C@H](O)[C@H]1O. The van der Waals surface area contributed by atoms with Gasteiger partial charge in [0.05, 0.1) is 12.7 Å². The second-order valence-corrected chi connectivity index (χ2v) is 6.99. The second-order valence-electron chi connectivity index (χ2n) is 4.81. The largest absolute Gasteiger partial charge is 0.466 e. The van der Waals surface area contributed by atoms with Gasteiger partial charge in [-0.1, -0.05) is 23.0 Å². The zero-order valence-corrected chi connectivity index (χ0v) is 13.9. The fourth-order valence-electron chi connectivity index (χ4n) is 1.76. The van der Waals surface area contributed by atoms with Gasteiger partial charge >= 0.3 is 10.4 Å². The number of thioether (sulfide) groups is 1. The molecule has 1 saturated heterocycles. The molecule has 0 amide bonds. The van der Waals surface area contributed by atoms with Crippen molar-refractivity contribution in [1.82, 2.24) is 0 Å². The van der Waals surface area contributed by atoms with Crippen molar-refractivity contribution in [1.29, 1.82) is 0 Å². The first kappa shape index (κ1) is 21.3. The highest BCUT2D eigenvalue weighted by atomic mass is 32.3. The van der Waals surface area contributed by atoms with Crippen LogP contribution in [0.4, 0.5) is 0 Å². The number of rotatable bonds is 7. The third kappa shape index (κ3) is 6.27. The molecule has 1 fully saturated rings. The first-order valence-corrected chi connectivity index (χ1v) is 8.84. The molecular formula is C11H19NO10S2. The molecule has 1 unspecified atom stereocenters. The van der Waals surface area contributed by atoms with Gasteiger partial charge in [-0.05, 0) is 0 Å². The molecule has 13 heteroatoms. The summed E-state index contributed by atoms with van der Waals surface area (Å²) in [5, 5.41) is 50.8. The van der Waals surface area contributed by atoms with Crippen LogP contribution in [-0.2, 0) is 19.4 Å². The minimum atomic E-state index is -4.89. The van der Waals surface area contributed by atoms with E-state index in [1.807, 2.05) is 0 Å².